The minimum absolute atomic E-state index is 0.00641. The number of aromatic nitrogens is 4. The van der Waals surface area contributed by atoms with Crippen molar-refractivity contribution in [2.24, 2.45) is 0 Å². The molecule has 0 saturated heterocycles. The molecule has 0 spiro atoms. The van der Waals surface area contributed by atoms with Crippen LogP contribution in [0.5, 0.6) is 0 Å². The number of alkyl halides is 2. The van der Waals surface area contributed by atoms with Crippen LogP contribution in [0.15, 0.2) is 72.1 Å². The van der Waals surface area contributed by atoms with E-state index in [4.69, 9.17) is 4.74 Å². The first-order valence-corrected chi connectivity index (χ1v) is 12.8. The van der Waals surface area contributed by atoms with Crippen LogP contribution in [-0.2, 0) is 38.4 Å². The average molecular weight is 528 g/mol. The average Bonchev–Trinajstić information content (AvgIpc) is 2.90. The lowest BCUT2D eigenvalue weighted by Gasteiger charge is -2.18. The molecule has 1 aromatic carbocycles. The minimum atomic E-state index is -4.03. The summed E-state index contributed by atoms with van der Waals surface area (Å²) in [6.07, 6.45) is 2.60. The molecule has 4 aromatic rings. The van der Waals surface area contributed by atoms with E-state index in [2.05, 4.69) is 25.3 Å². The van der Waals surface area contributed by atoms with E-state index >= 15 is 8.78 Å². The highest BCUT2D eigenvalue weighted by Gasteiger charge is 2.46. The van der Waals surface area contributed by atoms with Gasteiger partial charge in [-0.15, -0.1) is 0 Å². The van der Waals surface area contributed by atoms with Crippen LogP contribution in [0.3, 0.4) is 0 Å². The van der Waals surface area contributed by atoms with Crippen molar-refractivity contribution in [3.05, 3.63) is 83.8 Å². The van der Waals surface area contributed by atoms with Crippen molar-refractivity contribution in [2.45, 2.75) is 43.3 Å². The normalized spacial score (nSPS) is 12.0. The van der Waals surface area contributed by atoms with E-state index in [1.165, 1.54) is 32.2 Å². The van der Waals surface area contributed by atoms with Gasteiger partial charge in [0.2, 0.25) is 9.84 Å². The molecule has 1 N–H and O–H groups in total. The fraction of sp³-hybridized carbons (Fsp3) is 0.240. The molecule has 0 radical (unpaired) electrons. The number of carbonyl (C=O) groups excluding carboxylic acids is 1. The highest BCUT2D eigenvalue weighted by molar-refractivity contribution is 7.91. The molecule has 0 bridgehead atoms. The van der Waals surface area contributed by atoms with Gasteiger partial charge < -0.3 is 10.1 Å². The summed E-state index contributed by atoms with van der Waals surface area (Å²) in [4.78, 5) is 28.4. The van der Waals surface area contributed by atoms with Gasteiger partial charge in [0.1, 0.15) is 18.1 Å². The van der Waals surface area contributed by atoms with Crippen molar-refractivity contribution in [3.8, 4) is 0 Å². The Morgan fingerprint density at radius 1 is 1.00 bits per heavy atom. The highest BCUT2D eigenvalue weighted by Crippen LogP contribution is 2.32. The van der Waals surface area contributed by atoms with Crippen LogP contribution in [0.2, 0.25) is 0 Å². The second-order valence-electron chi connectivity index (χ2n) is 8.32. The maximum atomic E-state index is 15.1. The summed E-state index contributed by atoms with van der Waals surface area (Å²) >= 11 is 0. The Morgan fingerprint density at radius 2 is 1.70 bits per heavy atom. The van der Waals surface area contributed by atoms with Gasteiger partial charge in [-0.1, -0.05) is 36.4 Å². The Morgan fingerprint density at radius 3 is 2.43 bits per heavy atom. The number of hydrogen-bond acceptors (Lipinski definition) is 9. The number of nitrogens with zero attached hydrogens (tertiary/aromatic N) is 4. The molecular weight excluding hydrogens is 504 g/mol. The number of sulfone groups is 1. The fourth-order valence-electron chi connectivity index (χ4n) is 3.37. The van der Waals surface area contributed by atoms with Gasteiger partial charge in [0.05, 0.1) is 10.6 Å². The fourth-order valence-corrected chi connectivity index (χ4v) is 4.22. The molecule has 3 heterocycles. The first-order valence-electron chi connectivity index (χ1n) is 11.2. The highest BCUT2D eigenvalue weighted by atomic mass is 32.2. The number of ether oxygens (including phenoxy) is 1. The Labute approximate surface area is 211 Å². The van der Waals surface area contributed by atoms with Crippen LogP contribution in [0.4, 0.5) is 14.6 Å². The largest absolute Gasteiger partial charge is 0.456 e. The molecule has 0 fully saturated rings. The van der Waals surface area contributed by atoms with Gasteiger partial charge in [-0.05, 0) is 43.2 Å². The molecule has 4 rings (SSSR count). The monoisotopic (exact) mass is 527 g/mol. The number of anilines is 1. The van der Waals surface area contributed by atoms with E-state index in [0.717, 1.165) is 6.20 Å². The quantitative estimate of drug-likeness (QED) is 0.254. The molecule has 0 atom stereocenters. The summed E-state index contributed by atoms with van der Waals surface area (Å²) in [7, 11) is -3.84. The summed E-state index contributed by atoms with van der Waals surface area (Å²) in [5, 5.41) is 2.06. The van der Waals surface area contributed by atoms with Crippen molar-refractivity contribution in [1.82, 2.24) is 19.9 Å². The van der Waals surface area contributed by atoms with Gasteiger partial charge in [-0.25, -0.2) is 23.2 Å². The minimum Gasteiger partial charge on any atom is -0.456 e. The summed E-state index contributed by atoms with van der Waals surface area (Å²) in [6, 6.07) is 14.5. The Hall–Kier alpha value is -4.06. The zero-order valence-corrected chi connectivity index (χ0v) is 20.7. The van der Waals surface area contributed by atoms with Crippen molar-refractivity contribution in [1.29, 1.82) is 0 Å². The third-order valence-electron chi connectivity index (χ3n) is 5.43. The summed E-state index contributed by atoms with van der Waals surface area (Å²) in [5.41, 5.74) is -0.105. The topological polar surface area (TPSA) is 124 Å². The molecule has 0 aliphatic heterocycles. The lowest BCUT2D eigenvalue weighted by Crippen LogP contribution is -2.31. The number of esters is 1. The molecule has 0 unspecified atom stereocenters. The van der Waals surface area contributed by atoms with Crippen LogP contribution in [0.25, 0.3) is 11.0 Å². The summed E-state index contributed by atoms with van der Waals surface area (Å²) in [5.74, 6) is -5.69. The number of rotatable bonds is 9. The molecule has 37 heavy (non-hydrogen) atoms. The maximum absolute atomic E-state index is 15.1. The number of fused-ring (bicyclic) bond motifs is 1. The second-order valence-corrected chi connectivity index (χ2v) is 10.7. The van der Waals surface area contributed by atoms with E-state index < -0.39 is 37.8 Å². The van der Waals surface area contributed by atoms with Gasteiger partial charge >= 0.3 is 11.9 Å². The second kappa shape index (κ2) is 10.5. The number of pyridine rings is 2. The molecule has 3 aromatic heterocycles. The Kier molecular flexibility index (Phi) is 7.39. The van der Waals surface area contributed by atoms with Gasteiger partial charge in [0.15, 0.2) is 5.65 Å². The molecule has 0 aliphatic carbocycles. The Balaban J connectivity index is 1.61. The number of hydrogen-bond donors (Lipinski definition) is 1. The van der Waals surface area contributed by atoms with Crippen molar-refractivity contribution >= 4 is 32.7 Å². The number of benzene rings is 1. The Bertz CT molecular complexity index is 1530. The van der Waals surface area contributed by atoms with Crippen LogP contribution >= 0.6 is 0 Å². The zero-order chi connectivity index (χ0) is 26.6. The van der Waals surface area contributed by atoms with E-state index in [0.29, 0.717) is 10.9 Å². The number of carbonyl (C=O) groups is 1. The first kappa shape index (κ1) is 26.0. The third kappa shape index (κ3) is 5.53. The lowest BCUT2D eigenvalue weighted by atomic mass is 10.1. The van der Waals surface area contributed by atoms with Crippen LogP contribution in [0, 0.1) is 0 Å². The molecule has 0 aliphatic rings. The van der Waals surface area contributed by atoms with Crippen LogP contribution in [0.1, 0.15) is 30.7 Å². The first-order chi connectivity index (χ1) is 17.6. The van der Waals surface area contributed by atoms with Crippen LogP contribution < -0.4 is 5.32 Å². The van der Waals surface area contributed by atoms with Crippen molar-refractivity contribution in [2.75, 3.05) is 5.32 Å². The number of halogens is 2. The summed E-state index contributed by atoms with van der Waals surface area (Å²) in [6.45, 7) is 2.43. The predicted molar refractivity (Wildman–Crippen MR) is 131 cm³/mol. The lowest BCUT2D eigenvalue weighted by molar-refractivity contribution is -0.175. The predicted octanol–water partition coefficient (Wildman–Crippen LogP) is 4.05. The van der Waals surface area contributed by atoms with E-state index in [9.17, 15) is 13.2 Å². The van der Waals surface area contributed by atoms with Gasteiger partial charge in [-0.2, -0.15) is 13.8 Å². The molecular formula is C25H23F2N5O4S. The van der Waals surface area contributed by atoms with E-state index in [-0.39, 0.29) is 30.2 Å². The SMILES string of the molecule is CC(C)S(=O)(=O)c1nc(NCc2cccnc2C(F)(F)C(=O)OCc2ccccc2)c2cccnc2n1. The van der Waals surface area contributed by atoms with E-state index in [1.54, 1.807) is 42.5 Å². The molecule has 12 heteroatoms. The third-order valence-corrected chi connectivity index (χ3v) is 7.36. The smallest absolute Gasteiger partial charge is 0.384 e. The van der Waals surface area contributed by atoms with E-state index in [1.807, 2.05) is 0 Å². The van der Waals surface area contributed by atoms with Gasteiger partial charge in [0, 0.05) is 18.9 Å². The molecule has 192 valence electrons. The number of nitrogens with one attached hydrogen (secondary N) is 1. The molecule has 0 saturated carbocycles. The van der Waals surface area contributed by atoms with Crippen molar-refractivity contribution in [3.63, 3.8) is 0 Å². The zero-order valence-electron chi connectivity index (χ0n) is 19.9. The van der Waals surface area contributed by atoms with Gasteiger partial charge in [-0.3, -0.25) is 4.98 Å². The van der Waals surface area contributed by atoms with Crippen LogP contribution in [-0.4, -0.2) is 39.6 Å². The standard InChI is InChI=1S/C25H23F2N5O4S/c1-16(2)37(34,35)24-31-21-19(11-7-13-29-21)22(32-24)30-14-18-10-6-12-28-20(18)25(26,27)23(33)36-15-17-8-4-3-5-9-17/h3-13,16H,14-15H2,1-2H3,(H,29,30,31,32). The molecule has 0 amide bonds. The van der Waals surface area contributed by atoms with Crippen molar-refractivity contribution < 1.29 is 26.7 Å². The van der Waals surface area contributed by atoms with Gasteiger partial charge in [0.25, 0.3) is 5.16 Å². The summed E-state index contributed by atoms with van der Waals surface area (Å²) < 4.78 is 60.5. The maximum Gasteiger partial charge on any atom is 0.384 e. The molecule has 9 nitrogen and oxygen atoms in total.